The molecule has 1 saturated heterocycles. The van der Waals surface area contributed by atoms with E-state index in [1.165, 1.54) is 24.5 Å². The lowest BCUT2D eigenvalue weighted by Crippen LogP contribution is -2.42. The fourth-order valence-electron chi connectivity index (χ4n) is 4.05. The van der Waals surface area contributed by atoms with Gasteiger partial charge in [-0.1, -0.05) is 18.2 Å². The Kier molecular flexibility index (Phi) is 7.04. The second-order valence-corrected chi connectivity index (χ2v) is 8.65. The summed E-state index contributed by atoms with van der Waals surface area (Å²) in [6.07, 6.45) is 11.2. The van der Waals surface area contributed by atoms with Gasteiger partial charge in [0, 0.05) is 18.8 Å². The molecule has 1 aliphatic carbocycles. The summed E-state index contributed by atoms with van der Waals surface area (Å²) in [5, 5.41) is 6.00. The van der Waals surface area contributed by atoms with Crippen LogP contribution in [0.4, 0.5) is 10.5 Å². The van der Waals surface area contributed by atoms with Crippen molar-refractivity contribution in [3.63, 3.8) is 0 Å². The summed E-state index contributed by atoms with van der Waals surface area (Å²) in [6.45, 7) is 2.25. The van der Waals surface area contributed by atoms with Crippen LogP contribution >= 0.6 is 0 Å². The Morgan fingerprint density at radius 1 is 1.30 bits per heavy atom. The first kappa shape index (κ1) is 24.3. The molecule has 0 unspecified atom stereocenters. The van der Waals surface area contributed by atoms with Gasteiger partial charge in [0.25, 0.3) is 0 Å². The van der Waals surface area contributed by atoms with Crippen LogP contribution in [0.25, 0.3) is 11.0 Å². The topological polar surface area (TPSA) is 124 Å². The van der Waals surface area contributed by atoms with Crippen molar-refractivity contribution in [2.75, 3.05) is 25.5 Å². The second kappa shape index (κ2) is 10.7. The number of anilines is 1. The molecule has 0 bridgehead atoms. The van der Waals surface area contributed by atoms with E-state index in [0.717, 1.165) is 18.4 Å². The van der Waals surface area contributed by atoms with Crippen LogP contribution in [0, 0.1) is 0 Å². The number of carbonyl (C=O) groups excluding carboxylic acids is 2. The Morgan fingerprint density at radius 2 is 2.19 bits per heavy atom. The van der Waals surface area contributed by atoms with Gasteiger partial charge < -0.3 is 29.6 Å². The van der Waals surface area contributed by atoms with Crippen LogP contribution in [0.5, 0.6) is 5.88 Å². The van der Waals surface area contributed by atoms with Crippen LogP contribution in [0.1, 0.15) is 19.8 Å². The number of hydrogen-bond donors (Lipinski definition) is 2. The van der Waals surface area contributed by atoms with Crippen LogP contribution in [0.2, 0.25) is 0 Å². The maximum atomic E-state index is 12.8. The number of nitrogens with one attached hydrogen (secondary N) is 2. The van der Waals surface area contributed by atoms with E-state index in [1.54, 1.807) is 31.3 Å². The molecular formula is C26H27N5O6. The van der Waals surface area contributed by atoms with Gasteiger partial charge >= 0.3 is 6.09 Å². The van der Waals surface area contributed by atoms with Crippen molar-refractivity contribution in [2.45, 2.75) is 31.9 Å². The average Bonchev–Trinajstić information content (AvgIpc) is 3.32. The highest BCUT2D eigenvalue weighted by Crippen LogP contribution is 2.29. The van der Waals surface area contributed by atoms with Gasteiger partial charge in [0.05, 0.1) is 30.9 Å². The Bertz CT molecular complexity index is 1330. The van der Waals surface area contributed by atoms with E-state index >= 15 is 0 Å². The van der Waals surface area contributed by atoms with E-state index in [-0.39, 0.29) is 24.9 Å². The number of carbonyl (C=O) groups is 2. The smallest absolute Gasteiger partial charge is 0.417 e. The Hall–Kier alpha value is -4.38. The minimum absolute atomic E-state index is 0.250. The number of cyclic esters (lactones) is 1. The highest BCUT2D eigenvalue weighted by molar-refractivity contribution is 6.01. The number of methoxy groups -OCH3 is 1. The molecule has 2 aliphatic heterocycles. The molecule has 1 fully saturated rings. The zero-order valence-corrected chi connectivity index (χ0v) is 20.5. The summed E-state index contributed by atoms with van der Waals surface area (Å²) >= 11 is 0. The van der Waals surface area contributed by atoms with Gasteiger partial charge in [-0.3, -0.25) is 9.78 Å². The highest BCUT2D eigenvalue weighted by Gasteiger charge is 2.36. The largest absolute Gasteiger partial charge is 0.481 e. The van der Waals surface area contributed by atoms with Crippen molar-refractivity contribution in [3.8, 4) is 5.88 Å². The molecule has 2 aromatic heterocycles. The maximum absolute atomic E-state index is 12.8. The molecule has 5 rings (SSSR count). The Balaban J connectivity index is 1.15. The molecule has 3 aliphatic rings. The zero-order chi connectivity index (χ0) is 25.8. The van der Waals surface area contributed by atoms with Gasteiger partial charge in [0.2, 0.25) is 17.7 Å². The Morgan fingerprint density at radius 3 is 3.00 bits per heavy atom. The third kappa shape index (κ3) is 5.41. The van der Waals surface area contributed by atoms with Gasteiger partial charge in [0.1, 0.15) is 17.9 Å². The van der Waals surface area contributed by atoms with E-state index in [1.807, 2.05) is 12.2 Å². The summed E-state index contributed by atoms with van der Waals surface area (Å²) in [5.74, 6) is 0.984. The van der Waals surface area contributed by atoms with E-state index in [9.17, 15) is 9.59 Å². The number of amides is 2. The van der Waals surface area contributed by atoms with Gasteiger partial charge in [0.15, 0.2) is 12.0 Å². The number of pyridine rings is 2. The van der Waals surface area contributed by atoms with E-state index in [2.05, 4.69) is 26.7 Å². The molecular weight excluding hydrogens is 478 g/mol. The van der Waals surface area contributed by atoms with Crippen LogP contribution < -0.4 is 15.4 Å². The predicted molar refractivity (Wildman–Crippen MR) is 134 cm³/mol. The second-order valence-electron chi connectivity index (χ2n) is 8.65. The minimum Gasteiger partial charge on any atom is -0.481 e. The molecule has 11 heteroatoms. The quantitative estimate of drug-likeness (QED) is 0.556. The molecule has 0 aromatic carbocycles. The molecule has 11 nitrogen and oxygen atoms in total. The van der Waals surface area contributed by atoms with Gasteiger partial charge in [-0.2, -0.15) is 0 Å². The van der Waals surface area contributed by atoms with E-state index in [0.29, 0.717) is 28.4 Å². The monoisotopic (exact) mass is 505 g/mol. The first-order valence-electron chi connectivity index (χ1n) is 11.9. The fourth-order valence-corrected chi connectivity index (χ4v) is 4.05. The van der Waals surface area contributed by atoms with Crippen molar-refractivity contribution in [3.05, 3.63) is 72.4 Å². The molecule has 0 radical (unpaired) electrons. The SMILES string of the molecule is COc1ccc2nccc(NC(=O)[C@H](C)NC[C@@H]3CN(C4=COC=C(C5=CC=CCC5)O4)C(=O)O3)c2n1. The normalized spacial score (nSPS) is 19.7. The standard InChI is InChI=1S/C26H27N5O6/c1-16(25(32)29-20-10-11-27-19-8-9-22(34-2)30-24(19)20)28-12-18-13-31(26(33)36-18)23-15-35-14-21(37-23)17-6-4-3-5-7-17/h3-4,6,8-11,14-16,18,28H,5,7,12-13H2,1-2H3,(H,27,29,32)/t16-,18+/m0/s1. The molecule has 2 atom stereocenters. The van der Waals surface area contributed by atoms with Crippen molar-refractivity contribution < 1.29 is 28.5 Å². The molecule has 0 spiro atoms. The fraction of sp³-hybridized carbons (Fsp3) is 0.308. The van der Waals surface area contributed by atoms with Crippen LogP contribution in [-0.4, -0.2) is 59.2 Å². The third-order valence-electron chi connectivity index (χ3n) is 6.10. The molecule has 192 valence electrons. The average molecular weight is 506 g/mol. The number of fused-ring (bicyclic) bond motifs is 1. The highest BCUT2D eigenvalue weighted by atomic mass is 16.6. The molecule has 0 saturated carbocycles. The number of allylic oxidation sites excluding steroid dienone is 4. The summed E-state index contributed by atoms with van der Waals surface area (Å²) in [7, 11) is 1.53. The van der Waals surface area contributed by atoms with Crippen molar-refractivity contribution >= 4 is 28.7 Å². The lowest BCUT2D eigenvalue weighted by atomic mass is 10.0. The number of nitrogens with zero attached hydrogens (tertiary/aromatic N) is 3. The van der Waals surface area contributed by atoms with E-state index in [4.69, 9.17) is 18.9 Å². The zero-order valence-electron chi connectivity index (χ0n) is 20.5. The molecule has 2 aromatic rings. The summed E-state index contributed by atoms with van der Waals surface area (Å²) < 4.78 is 22.0. The third-order valence-corrected chi connectivity index (χ3v) is 6.10. The summed E-state index contributed by atoms with van der Waals surface area (Å²) in [5.41, 5.74) is 2.68. The number of ether oxygens (including phenoxy) is 4. The molecule has 37 heavy (non-hydrogen) atoms. The van der Waals surface area contributed by atoms with Crippen LogP contribution in [-0.2, 0) is 19.0 Å². The summed E-state index contributed by atoms with van der Waals surface area (Å²) in [4.78, 5) is 35.4. The van der Waals surface area contributed by atoms with Gasteiger partial charge in [-0.05, 0) is 37.5 Å². The number of rotatable bonds is 8. The molecule has 2 N–H and O–H groups in total. The summed E-state index contributed by atoms with van der Waals surface area (Å²) in [6, 6.07) is 4.59. The van der Waals surface area contributed by atoms with Crippen molar-refractivity contribution in [1.29, 1.82) is 0 Å². The maximum Gasteiger partial charge on any atom is 0.417 e. The minimum atomic E-state index is -0.573. The lowest BCUT2D eigenvalue weighted by molar-refractivity contribution is -0.117. The predicted octanol–water partition coefficient (Wildman–Crippen LogP) is 3.34. The van der Waals surface area contributed by atoms with Gasteiger partial charge in [-0.15, -0.1) is 0 Å². The van der Waals surface area contributed by atoms with Crippen molar-refractivity contribution in [1.82, 2.24) is 20.2 Å². The number of aromatic nitrogens is 2. The first-order valence-corrected chi connectivity index (χ1v) is 11.9. The first-order chi connectivity index (χ1) is 18.0. The van der Waals surface area contributed by atoms with E-state index < -0.39 is 18.2 Å². The number of hydrogen-bond acceptors (Lipinski definition) is 9. The van der Waals surface area contributed by atoms with Crippen molar-refractivity contribution in [2.24, 2.45) is 0 Å². The van der Waals surface area contributed by atoms with Gasteiger partial charge in [-0.25, -0.2) is 14.7 Å². The molecule has 2 amide bonds. The van der Waals surface area contributed by atoms with Crippen LogP contribution in [0.15, 0.2) is 72.4 Å². The lowest BCUT2D eigenvalue weighted by Gasteiger charge is -2.23. The van der Waals surface area contributed by atoms with Crippen LogP contribution in [0.3, 0.4) is 0 Å². The molecule has 4 heterocycles. The Labute approximate surface area is 213 Å².